The third-order valence-corrected chi connectivity index (χ3v) is 5.66. The number of anilines is 1. The number of benzene rings is 2. The Morgan fingerprint density at radius 1 is 1.07 bits per heavy atom. The summed E-state index contributed by atoms with van der Waals surface area (Å²) < 4.78 is 18.2. The maximum Gasteiger partial charge on any atom is 0.494 e. The van der Waals surface area contributed by atoms with E-state index in [1.165, 1.54) is 0 Å². The minimum atomic E-state index is -0.523. The summed E-state index contributed by atoms with van der Waals surface area (Å²) in [7, 11) is -0.496. The van der Waals surface area contributed by atoms with Crippen LogP contribution < -0.4 is 10.8 Å². The molecule has 1 fully saturated rings. The molecule has 27 heavy (non-hydrogen) atoms. The van der Waals surface area contributed by atoms with E-state index < -0.39 is 24.4 Å². The third-order valence-electron chi connectivity index (χ3n) is 4.97. The average Bonchev–Trinajstić information content (AvgIpc) is 2.83. The zero-order chi connectivity index (χ0) is 19.7. The van der Waals surface area contributed by atoms with Gasteiger partial charge in [-0.25, -0.2) is 4.79 Å². The molecule has 1 amide bonds. The lowest BCUT2D eigenvalue weighted by Crippen LogP contribution is -2.41. The predicted molar refractivity (Wildman–Crippen MR) is 110 cm³/mol. The lowest BCUT2D eigenvalue weighted by atomic mass is 9.79. The largest absolute Gasteiger partial charge is 0.494 e. The van der Waals surface area contributed by atoms with Crippen LogP contribution in [0, 0.1) is 0 Å². The molecule has 0 atom stereocenters. The van der Waals surface area contributed by atoms with Crippen molar-refractivity contribution in [1.29, 1.82) is 0 Å². The second kappa shape index (κ2) is 7.66. The molecule has 1 aliphatic heterocycles. The third kappa shape index (κ3) is 4.54. The van der Waals surface area contributed by atoms with Gasteiger partial charge in [0.05, 0.1) is 16.9 Å². The van der Waals surface area contributed by atoms with Gasteiger partial charge in [-0.2, -0.15) is 0 Å². The zero-order valence-electron chi connectivity index (χ0n) is 15.9. The van der Waals surface area contributed by atoms with Crippen molar-refractivity contribution in [3.05, 3.63) is 58.6 Å². The summed E-state index contributed by atoms with van der Waals surface area (Å²) in [5.74, 6) is 0. The van der Waals surface area contributed by atoms with Gasteiger partial charge in [0.1, 0.15) is 6.61 Å². The number of carbonyl (C=O) groups excluding carboxylic acids is 1. The predicted octanol–water partition coefficient (Wildman–Crippen LogP) is 4.50. The zero-order valence-corrected chi connectivity index (χ0v) is 17.5. The van der Waals surface area contributed by atoms with E-state index in [9.17, 15) is 4.79 Å². The second-order valence-electron chi connectivity index (χ2n) is 7.51. The topological polar surface area (TPSA) is 56.8 Å². The molecule has 1 heterocycles. The fourth-order valence-corrected chi connectivity index (χ4v) is 2.98. The minimum Gasteiger partial charge on any atom is -0.444 e. The number of carbonyl (C=O) groups is 1. The highest BCUT2D eigenvalue weighted by Crippen LogP contribution is 2.36. The Kier molecular flexibility index (Phi) is 5.65. The van der Waals surface area contributed by atoms with Crippen LogP contribution >= 0.6 is 15.9 Å². The molecule has 0 unspecified atom stereocenters. The van der Waals surface area contributed by atoms with Crippen LogP contribution in [0.5, 0.6) is 0 Å². The summed E-state index contributed by atoms with van der Waals surface area (Å²) >= 11 is 3.46. The van der Waals surface area contributed by atoms with E-state index in [4.69, 9.17) is 14.0 Å². The number of rotatable bonds is 4. The Balaban J connectivity index is 1.68. The summed E-state index contributed by atoms with van der Waals surface area (Å²) in [6.45, 7) is 8.23. The highest BCUT2D eigenvalue weighted by Gasteiger charge is 2.51. The fraction of sp³-hybridized carbons (Fsp3) is 0.350. The molecular weight excluding hydrogens is 409 g/mol. The number of hydrogen-bond acceptors (Lipinski definition) is 4. The number of nitrogens with one attached hydrogen (secondary N) is 1. The second-order valence-corrected chi connectivity index (χ2v) is 8.37. The van der Waals surface area contributed by atoms with Crippen molar-refractivity contribution in [3.8, 4) is 0 Å². The Morgan fingerprint density at radius 3 is 2.33 bits per heavy atom. The summed E-state index contributed by atoms with van der Waals surface area (Å²) in [6.07, 6.45) is -0.523. The molecule has 2 aromatic carbocycles. The molecule has 1 N–H and O–H groups in total. The van der Waals surface area contributed by atoms with Crippen molar-refractivity contribution in [3.63, 3.8) is 0 Å². The van der Waals surface area contributed by atoms with Gasteiger partial charge in [0.15, 0.2) is 0 Å². The Morgan fingerprint density at radius 2 is 1.70 bits per heavy atom. The molecule has 0 radical (unpaired) electrons. The molecule has 0 aliphatic carbocycles. The molecule has 0 spiro atoms. The van der Waals surface area contributed by atoms with E-state index in [1.807, 2.05) is 76.2 Å². The molecule has 7 heteroatoms. The van der Waals surface area contributed by atoms with Gasteiger partial charge >= 0.3 is 13.2 Å². The van der Waals surface area contributed by atoms with Gasteiger partial charge in [-0.3, -0.25) is 5.32 Å². The molecule has 0 saturated carbocycles. The maximum atomic E-state index is 12.2. The lowest BCUT2D eigenvalue weighted by Gasteiger charge is -2.32. The summed E-state index contributed by atoms with van der Waals surface area (Å²) in [6, 6.07) is 15.1. The SMILES string of the molecule is CC1(C)OB(c2ccc(Br)c(NC(=O)OCc3ccccc3)c2)OC1(C)C. The van der Waals surface area contributed by atoms with Crippen molar-refractivity contribution < 1.29 is 18.8 Å². The summed E-state index contributed by atoms with van der Waals surface area (Å²) in [5.41, 5.74) is 1.51. The summed E-state index contributed by atoms with van der Waals surface area (Å²) in [4.78, 5) is 12.2. The standard InChI is InChI=1S/C20H23BBrNO4/c1-19(2)20(3,4)27-21(26-19)15-10-11-16(22)17(12-15)23-18(24)25-13-14-8-6-5-7-9-14/h5-12H,13H2,1-4H3,(H,23,24). The molecule has 0 bridgehead atoms. The number of hydrogen-bond donors (Lipinski definition) is 1. The molecule has 5 nitrogen and oxygen atoms in total. The van der Waals surface area contributed by atoms with Gasteiger partial charge in [0.25, 0.3) is 0 Å². The van der Waals surface area contributed by atoms with Crippen molar-refractivity contribution in [2.45, 2.75) is 45.5 Å². The average molecular weight is 432 g/mol. The Hall–Kier alpha value is -1.83. The van der Waals surface area contributed by atoms with E-state index in [0.717, 1.165) is 15.5 Å². The van der Waals surface area contributed by atoms with Gasteiger partial charge < -0.3 is 14.0 Å². The monoisotopic (exact) mass is 431 g/mol. The van der Waals surface area contributed by atoms with Crippen LogP contribution in [0.15, 0.2) is 53.0 Å². The molecule has 1 saturated heterocycles. The van der Waals surface area contributed by atoms with Gasteiger partial charge in [-0.1, -0.05) is 36.4 Å². The minimum absolute atomic E-state index is 0.210. The van der Waals surface area contributed by atoms with Crippen LogP contribution in [-0.2, 0) is 20.7 Å². The molecule has 3 rings (SSSR count). The van der Waals surface area contributed by atoms with E-state index in [1.54, 1.807) is 0 Å². The normalized spacial score (nSPS) is 17.6. The molecule has 0 aromatic heterocycles. The van der Waals surface area contributed by atoms with Crippen LogP contribution in [-0.4, -0.2) is 24.4 Å². The molecule has 142 valence electrons. The molecule has 1 aliphatic rings. The first kappa shape index (κ1) is 19.9. The van der Waals surface area contributed by atoms with Gasteiger partial charge in [-0.05, 0) is 66.8 Å². The van der Waals surface area contributed by atoms with E-state index in [0.29, 0.717) is 5.69 Å². The highest BCUT2D eigenvalue weighted by atomic mass is 79.9. The summed E-state index contributed by atoms with van der Waals surface area (Å²) in [5, 5.41) is 2.77. The molecular formula is C20H23BBrNO4. The highest BCUT2D eigenvalue weighted by molar-refractivity contribution is 9.10. The van der Waals surface area contributed by atoms with Crippen molar-refractivity contribution in [2.24, 2.45) is 0 Å². The first-order chi connectivity index (χ1) is 12.7. The fourth-order valence-electron chi connectivity index (χ4n) is 2.63. The number of amides is 1. The van der Waals surface area contributed by atoms with Crippen molar-refractivity contribution in [2.75, 3.05) is 5.32 Å². The van der Waals surface area contributed by atoms with Crippen molar-refractivity contribution >= 4 is 40.3 Å². The van der Waals surface area contributed by atoms with Crippen molar-refractivity contribution in [1.82, 2.24) is 0 Å². The Labute approximate surface area is 168 Å². The van der Waals surface area contributed by atoms with E-state index >= 15 is 0 Å². The van der Waals surface area contributed by atoms with Crippen LogP contribution in [0.3, 0.4) is 0 Å². The van der Waals surface area contributed by atoms with Crippen LogP contribution in [0.4, 0.5) is 10.5 Å². The first-order valence-corrected chi connectivity index (χ1v) is 9.60. The van der Waals surface area contributed by atoms with Crippen LogP contribution in [0.2, 0.25) is 0 Å². The first-order valence-electron chi connectivity index (χ1n) is 8.81. The van der Waals surface area contributed by atoms with Crippen LogP contribution in [0.25, 0.3) is 0 Å². The van der Waals surface area contributed by atoms with Crippen LogP contribution in [0.1, 0.15) is 33.3 Å². The maximum absolute atomic E-state index is 12.2. The van der Waals surface area contributed by atoms with E-state index in [-0.39, 0.29) is 6.61 Å². The quantitative estimate of drug-likeness (QED) is 0.724. The van der Waals surface area contributed by atoms with Gasteiger partial charge in [-0.15, -0.1) is 0 Å². The number of halogens is 1. The number of ether oxygens (including phenoxy) is 1. The van der Waals surface area contributed by atoms with Gasteiger partial charge in [0.2, 0.25) is 0 Å². The smallest absolute Gasteiger partial charge is 0.444 e. The lowest BCUT2D eigenvalue weighted by molar-refractivity contribution is 0.00578. The van der Waals surface area contributed by atoms with E-state index in [2.05, 4.69) is 21.2 Å². The Bertz CT molecular complexity index is 810. The van der Waals surface area contributed by atoms with Gasteiger partial charge in [0, 0.05) is 4.47 Å². The molecule has 2 aromatic rings.